The smallest absolute Gasteiger partial charge is 0.349 e. The van der Waals surface area contributed by atoms with Gasteiger partial charge in [-0.25, -0.2) is 4.79 Å². The number of carboxylic acids is 1. The van der Waals surface area contributed by atoms with Crippen molar-refractivity contribution in [3.8, 4) is 5.75 Å². The van der Waals surface area contributed by atoms with E-state index in [0.717, 1.165) is 37.0 Å². The normalized spacial score (nSPS) is 18.8. The van der Waals surface area contributed by atoms with Gasteiger partial charge in [0.15, 0.2) is 4.88 Å². The zero-order valence-corrected chi connectivity index (χ0v) is 11.3. The van der Waals surface area contributed by atoms with Crippen molar-refractivity contribution in [2.45, 2.75) is 45.1 Å². The van der Waals surface area contributed by atoms with E-state index in [9.17, 15) is 9.90 Å². The van der Waals surface area contributed by atoms with E-state index in [2.05, 4.69) is 13.0 Å². The first-order valence-electron chi connectivity index (χ1n) is 6.40. The maximum Gasteiger partial charge on any atom is 0.349 e. The van der Waals surface area contributed by atoms with Gasteiger partial charge in [0.2, 0.25) is 0 Å². The van der Waals surface area contributed by atoms with Gasteiger partial charge in [0.05, 0.1) is 0 Å². The van der Waals surface area contributed by atoms with E-state index in [1.54, 1.807) is 0 Å². The first-order valence-corrected chi connectivity index (χ1v) is 7.21. The van der Waals surface area contributed by atoms with E-state index in [-0.39, 0.29) is 6.10 Å². The zero-order chi connectivity index (χ0) is 13.0. The fourth-order valence-electron chi connectivity index (χ4n) is 2.07. The van der Waals surface area contributed by atoms with E-state index in [0.29, 0.717) is 10.6 Å². The molecule has 18 heavy (non-hydrogen) atoms. The molecule has 2 rings (SSSR count). The van der Waals surface area contributed by atoms with Gasteiger partial charge in [-0.2, -0.15) is 0 Å². The summed E-state index contributed by atoms with van der Waals surface area (Å²) in [4.78, 5) is 12.6. The van der Waals surface area contributed by atoms with Crippen LogP contribution in [0.2, 0.25) is 0 Å². The maximum absolute atomic E-state index is 11.2. The van der Waals surface area contributed by atoms with Gasteiger partial charge in [-0.15, -0.1) is 11.3 Å². The van der Waals surface area contributed by atoms with Crippen LogP contribution in [0.4, 0.5) is 0 Å². The fraction of sp³-hybridized carbons (Fsp3) is 0.500. The van der Waals surface area contributed by atoms with E-state index < -0.39 is 5.97 Å². The third kappa shape index (κ3) is 3.13. The van der Waals surface area contributed by atoms with Gasteiger partial charge >= 0.3 is 5.97 Å². The van der Waals surface area contributed by atoms with Gasteiger partial charge < -0.3 is 9.84 Å². The minimum Gasteiger partial charge on any atom is -0.485 e. The quantitative estimate of drug-likeness (QED) is 0.822. The van der Waals surface area contributed by atoms with Crippen LogP contribution in [0.1, 0.15) is 47.2 Å². The van der Waals surface area contributed by atoms with Crippen LogP contribution in [0.3, 0.4) is 0 Å². The van der Waals surface area contributed by atoms with Crippen molar-refractivity contribution in [3.63, 3.8) is 0 Å². The molecule has 1 heterocycles. The number of aromatic carboxylic acids is 1. The molecule has 0 radical (unpaired) electrons. The molecule has 1 aromatic heterocycles. The molecule has 1 N–H and O–H groups in total. The Hall–Kier alpha value is -1.29. The monoisotopic (exact) mass is 266 g/mol. The van der Waals surface area contributed by atoms with Crippen LogP contribution in [0.15, 0.2) is 18.2 Å². The minimum absolute atomic E-state index is 0.0286. The summed E-state index contributed by atoms with van der Waals surface area (Å²) in [6.45, 7) is 2.09. The average molecular weight is 266 g/mol. The van der Waals surface area contributed by atoms with Crippen molar-refractivity contribution in [1.82, 2.24) is 0 Å². The number of ether oxygens (including phenoxy) is 1. The van der Waals surface area contributed by atoms with Gasteiger partial charge in [0.1, 0.15) is 11.9 Å². The Labute approximate surface area is 111 Å². The molecule has 98 valence electrons. The Bertz CT molecular complexity index is 448. The van der Waals surface area contributed by atoms with Crippen LogP contribution in [0, 0.1) is 0 Å². The van der Waals surface area contributed by atoms with Crippen LogP contribution in [0.5, 0.6) is 5.75 Å². The first-order chi connectivity index (χ1) is 8.70. The standard InChI is InChI=1S/C14H18O3S/c1-2-6-11-9-12(13(18-11)14(15)16)17-10-7-4-3-5-8-10/h4,7,9-10H,2-3,5-6,8H2,1H3,(H,15,16). The maximum atomic E-state index is 11.2. The summed E-state index contributed by atoms with van der Waals surface area (Å²) in [6.07, 6.45) is 9.26. The second-order valence-corrected chi connectivity index (χ2v) is 5.61. The third-order valence-corrected chi connectivity index (χ3v) is 4.09. The summed E-state index contributed by atoms with van der Waals surface area (Å²) < 4.78 is 5.82. The lowest BCUT2D eigenvalue weighted by Gasteiger charge is -2.17. The van der Waals surface area contributed by atoms with E-state index in [4.69, 9.17) is 4.74 Å². The fourth-order valence-corrected chi connectivity index (χ4v) is 3.10. The minimum atomic E-state index is -0.892. The second kappa shape index (κ2) is 6.05. The highest BCUT2D eigenvalue weighted by atomic mass is 32.1. The molecule has 0 saturated carbocycles. The lowest BCUT2D eigenvalue weighted by Crippen LogP contribution is -2.16. The summed E-state index contributed by atoms with van der Waals surface area (Å²) in [6, 6.07) is 1.89. The predicted molar refractivity (Wildman–Crippen MR) is 72.7 cm³/mol. The number of hydrogen-bond acceptors (Lipinski definition) is 3. The highest BCUT2D eigenvalue weighted by Gasteiger charge is 2.19. The molecule has 1 aliphatic carbocycles. The summed E-state index contributed by atoms with van der Waals surface area (Å²) in [5.74, 6) is -0.357. The van der Waals surface area contributed by atoms with E-state index >= 15 is 0 Å². The first kappa shape index (κ1) is 13.1. The van der Waals surface area contributed by atoms with Gasteiger partial charge in [0.25, 0.3) is 0 Å². The van der Waals surface area contributed by atoms with Gasteiger partial charge in [-0.05, 0) is 37.8 Å². The lowest BCUT2D eigenvalue weighted by molar-refractivity contribution is 0.0696. The number of aryl methyl sites for hydroxylation is 1. The molecular weight excluding hydrogens is 248 g/mol. The molecular formula is C14H18O3S. The molecule has 1 aliphatic rings. The average Bonchev–Trinajstić information content (AvgIpc) is 2.74. The van der Waals surface area contributed by atoms with Crippen LogP contribution in [-0.4, -0.2) is 17.2 Å². The lowest BCUT2D eigenvalue weighted by atomic mass is 10.1. The molecule has 4 heteroatoms. The number of rotatable bonds is 5. The van der Waals surface area contributed by atoms with Crippen molar-refractivity contribution < 1.29 is 14.6 Å². The SMILES string of the molecule is CCCc1cc(OC2C=CCCC2)c(C(=O)O)s1. The van der Waals surface area contributed by atoms with Gasteiger partial charge in [-0.1, -0.05) is 19.4 Å². The predicted octanol–water partition coefficient (Wildman–Crippen LogP) is 3.89. The topological polar surface area (TPSA) is 46.5 Å². The molecule has 0 aliphatic heterocycles. The van der Waals surface area contributed by atoms with Crippen molar-refractivity contribution in [2.75, 3.05) is 0 Å². The molecule has 0 spiro atoms. The Kier molecular flexibility index (Phi) is 4.42. The van der Waals surface area contributed by atoms with Crippen LogP contribution < -0.4 is 4.74 Å². The third-order valence-electron chi connectivity index (χ3n) is 2.93. The van der Waals surface area contributed by atoms with Gasteiger partial charge in [-0.3, -0.25) is 0 Å². The Morgan fingerprint density at radius 2 is 2.44 bits per heavy atom. The highest BCUT2D eigenvalue weighted by molar-refractivity contribution is 7.14. The summed E-state index contributed by atoms with van der Waals surface area (Å²) in [7, 11) is 0. The largest absolute Gasteiger partial charge is 0.485 e. The number of allylic oxidation sites excluding steroid dienone is 1. The van der Waals surface area contributed by atoms with Crippen LogP contribution in [-0.2, 0) is 6.42 Å². The molecule has 0 amide bonds. The summed E-state index contributed by atoms with van der Waals surface area (Å²) in [5, 5.41) is 9.19. The Morgan fingerprint density at radius 3 is 3.06 bits per heavy atom. The van der Waals surface area contributed by atoms with E-state index in [1.807, 2.05) is 12.1 Å². The molecule has 0 aromatic carbocycles. The Balaban J connectivity index is 2.16. The summed E-state index contributed by atoms with van der Waals surface area (Å²) in [5.41, 5.74) is 0. The van der Waals surface area contributed by atoms with Crippen molar-refractivity contribution >= 4 is 17.3 Å². The number of thiophene rings is 1. The molecule has 1 unspecified atom stereocenters. The molecule has 1 aromatic rings. The summed E-state index contributed by atoms with van der Waals surface area (Å²) >= 11 is 1.33. The molecule has 1 atom stereocenters. The van der Waals surface area contributed by atoms with Crippen LogP contribution >= 0.6 is 11.3 Å². The Morgan fingerprint density at radius 1 is 1.61 bits per heavy atom. The van der Waals surface area contributed by atoms with E-state index in [1.165, 1.54) is 11.3 Å². The highest BCUT2D eigenvalue weighted by Crippen LogP contribution is 2.32. The number of hydrogen-bond donors (Lipinski definition) is 1. The van der Waals surface area contributed by atoms with Gasteiger partial charge in [0, 0.05) is 4.88 Å². The number of carbonyl (C=O) groups is 1. The molecule has 0 fully saturated rings. The van der Waals surface area contributed by atoms with Crippen molar-refractivity contribution in [2.24, 2.45) is 0 Å². The zero-order valence-electron chi connectivity index (χ0n) is 10.5. The molecule has 3 nitrogen and oxygen atoms in total. The molecule has 0 saturated heterocycles. The number of carboxylic acid groups (broad SMARTS) is 1. The van der Waals surface area contributed by atoms with Crippen molar-refractivity contribution in [3.05, 3.63) is 28.0 Å². The second-order valence-electron chi connectivity index (χ2n) is 4.48. The van der Waals surface area contributed by atoms with Crippen LogP contribution in [0.25, 0.3) is 0 Å². The molecule has 0 bridgehead atoms. The van der Waals surface area contributed by atoms with Crippen molar-refractivity contribution in [1.29, 1.82) is 0 Å².